The summed E-state index contributed by atoms with van der Waals surface area (Å²) in [5.41, 5.74) is 0. The average Bonchev–Trinajstić information content (AvgIpc) is 2.37. The predicted octanol–water partition coefficient (Wildman–Crippen LogP) is 0.554. The van der Waals surface area contributed by atoms with Crippen molar-refractivity contribution in [2.24, 2.45) is 7.05 Å². The highest BCUT2D eigenvalue weighted by molar-refractivity contribution is 7.99. The van der Waals surface area contributed by atoms with Crippen LogP contribution in [0, 0.1) is 0 Å². The van der Waals surface area contributed by atoms with Gasteiger partial charge in [0, 0.05) is 19.9 Å². The molecule has 1 aromatic heterocycles. The largest absolute Gasteiger partial charge is 0.384 e. The number of hydrogen-bond acceptors (Lipinski definition) is 4. The Balaban J connectivity index is 2.32. The van der Waals surface area contributed by atoms with Gasteiger partial charge in [-0.05, 0) is 0 Å². The van der Waals surface area contributed by atoms with E-state index >= 15 is 0 Å². The zero-order valence-corrected chi connectivity index (χ0v) is 7.47. The van der Waals surface area contributed by atoms with Crippen molar-refractivity contribution in [3.05, 3.63) is 6.33 Å². The Morgan fingerprint density at radius 3 is 3.09 bits per heavy atom. The number of hydrogen-bond donors (Lipinski definition) is 0. The Hall–Kier alpha value is -0.550. The first-order valence-electron chi connectivity index (χ1n) is 3.30. The van der Waals surface area contributed by atoms with E-state index in [0.717, 1.165) is 17.5 Å². The van der Waals surface area contributed by atoms with Gasteiger partial charge in [-0.1, -0.05) is 11.8 Å². The highest BCUT2D eigenvalue weighted by Gasteiger charge is 1.98. The molecule has 0 amide bonds. The lowest BCUT2D eigenvalue weighted by atomic mass is 10.9. The maximum atomic E-state index is 4.90. The molecule has 0 aliphatic heterocycles. The van der Waals surface area contributed by atoms with Crippen molar-refractivity contribution in [3.63, 3.8) is 0 Å². The smallest absolute Gasteiger partial charge is 0.185 e. The number of ether oxygens (including phenoxy) is 1. The van der Waals surface area contributed by atoms with Gasteiger partial charge in [-0.25, -0.2) is 9.67 Å². The summed E-state index contributed by atoms with van der Waals surface area (Å²) in [5.74, 6) is 0.920. The molecule has 4 nitrogen and oxygen atoms in total. The zero-order valence-electron chi connectivity index (χ0n) is 6.65. The molecule has 0 N–H and O–H groups in total. The van der Waals surface area contributed by atoms with Gasteiger partial charge in [0.05, 0.1) is 6.61 Å². The zero-order chi connectivity index (χ0) is 8.10. The molecule has 5 heteroatoms. The van der Waals surface area contributed by atoms with E-state index in [1.807, 2.05) is 7.05 Å². The number of aryl methyl sites for hydroxylation is 1. The minimum Gasteiger partial charge on any atom is -0.384 e. The van der Waals surface area contributed by atoms with Crippen LogP contribution in [0.4, 0.5) is 0 Å². The van der Waals surface area contributed by atoms with Gasteiger partial charge < -0.3 is 4.74 Å². The lowest BCUT2D eigenvalue weighted by Crippen LogP contribution is -1.96. The lowest BCUT2D eigenvalue weighted by Gasteiger charge is -1.97. The van der Waals surface area contributed by atoms with Crippen LogP contribution in [-0.2, 0) is 11.8 Å². The normalized spacial score (nSPS) is 10.4. The SMILES string of the molecule is COCCSc1ncnn1C. The molecule has 0 bridgehead atoms. The topological polar surface area (TPSA) is 39.9 Å². The molecule has 62 valence electrons. The Morgan fingerprint density at radius 1 is 1.73 bits per heavy atom. The van der Waals surface area contributed by atoms with Crippen LogP contribution in [0.3, 0.4) is 0 Å². The van der Waals surface area contributed by atoms with E-state index in [4.69, 9.17) is 4.74 Å². The molecule has 0 aliphatic rings. The molecule has 0 spiro atoms. The number of methoxy groups -OCH3 is 1. The van der Waals surface area contributed by atoms with Crippen LogP contribution in [0.25, 0.3) is 0 Å². The van der Waals surface area contributed by atoms with Crippen LogP contribution in [0.2, 0.25) is 0 Å². The second-order valence-electron chi connectivity index (χ2n) is 2.01. The van der Waals surface area contributed by atoms with Crippen LogP contribution in [0.15, 0.2) is 11.5 Å². The van der Waals surface area contributed by atoms with E-state index in [1.165, 1.54) is 0 Å². The van der Waals surface area contributed by atoms with E-state index in [1.54, 1.807) is 29.9 Å². The number of nitrogens with zero attached hydrogens (tertiary/aromatic N) is 3. The summed E-state index contributed by atoms with van der Waals surface area (Å²) >= 11 is 1.64. The van der Waals surface area contributed by atoms with Gasteiger partial charge in [0.2, 0.25) is 0 Å². The standard InChI is InChI=1S/C6H11N3OS/c1-9-6(7-5-8-9)11-4-3-10-2/h5H,3-4H2,1-2H3. The lowest BCUT2D eigenvalue weighted by molar-refractivity contribution is 0.218. The molecular weight excluding hydrogens is 162 g/mol. The Labute approximate surface area is 70.0 Å². The summed E-state index contributed by atoms with van der Waals surface area (Å²) in [7, 11) is 3.57. The van der Waals surface area contributed by atoms with Crippen LogP contribution < -0.4 is 0 Å². The summed E-state index contributed by atoms with van der Waals surface area (Å²) in [6.45, 7) is 0.748. The third-order valence-corrected chi connectivity index (χ3v) is 2.19. The fourth-order valence-corrected chi connectivity index (χ4v) is 1.42. The van der Waals surface area contributed by atoms with Gasteiger partial charge in [-0.2, -0.15) is 5.10 Å². The molecule has 0 saturated heterocycles. The molecule has 0 unspecified atom stereocenters. The second-order valence-corrected chi connectivity index (χ2v) is 3.07. The molecular formula is C6H11N3OS. The highest BCUT2D eigenvalue weighted by atomic mass is 32.2. The molecule has 11 heavy (non-hydrogen) atoms. The maximum absolute atomic E-state index is 4.90. The Morgan fingerprint density at radius 2 is 2.55 bits per heavy atom. The fraction of sp³-hybridized carbons (Fsp3) is 0.667. The van der Waals surface area contributed by atoms with E-state index in [0.29, 0.717) is 0 Å². The molecule has 1 aromatic rings. The Bertz CT molecular complexity index is 213. The van der Waals surface area contributed by atoms with Crippen molar-refractivity contribution >= 4 is 11.8 Å². The van der Waals surface area contributed by atoms with Crippen LogP contribution in [-0.4, -0.2) is 34.2 Å². The van der Waals surface area contributed by atoms with Gasteiger partial charge in [0.25, 0.3) is 0 Å². The van der Waals surface area contributed by atoms with E-state index < -0.39 is 0 Å². The molecule has 0 aromatic carbocycles. The monoisotopic (exact) mass is 173 g/mol. The number of aromatic nitrogens is 3. The van der Waals surface area contributed by atoms with Gasteiger partial charge in [-0.15, -0.1) is 0 Å². The molecule has 0 fully saturated rings. The summed E-state index contributed by atoms with van der Waals surface area (Å²) in [5, 5.41) is 4.87. The van der Waals surface area contributed by atoms with Crippen molar-refractivity contribution in [2.45, 2.75) is 5.16 Å². The van der Waals surface area contributed by atoms with Crippen molar-refractivity contribution < 1.29 is 4.74 Å². The highest BCUT2D eigenvalue weighted by Crippen LogP contribution is 2.11. The molecule has 1 rings (SSSR count). The second kappa shape index (κ2) is 4.35. The van der Waals surface area contributed by atoms with E-state index in [9.17, 15) is 0 Å². The minimum absolute atomic E-state index is 0.748. The van der Waals surface area contributed by atoms with Crippen molar-refractivity contribution in [1.29, 1.82) is 0 Å². The van der Waals surface area contributed by atoms with Crippen molar-refractivity contribution in [1.82, 2.24) is 14.8 Å². The van der Waals surface area contributed by atoms with Crippen molar-refractivity contribution in [3.8, 4) is 0 Å². The van der Waals surface area contributed by atoms with E-state index in [2.05, 4.69) is 10.1 Å². The summed E-state index contributed by atoms with van der Waals surface area (Å²) in [6, 6.07) is 0. The quantitative estimate of drug-likeness (QED) is 0.492. The maximum Gasteiger partial charge on any atom is 0.185 e. The van der Waals surface area contributed by atoms with Crippen LogP contribution in [0.1, 0.15) is 0 Å². The molecule has 0 radical (unpaired) electrons. The fourth-order valence-electron chi connectivity index (χ4n) is 0.633. The van der Waals surface area contributed by atoms with Crippen LogP contribution >= 0.6 is 11.8 Å². The first-order chi connectivity index (χ1) is 5.34. The Kier molecular flexibility index (Phi) is 3.38. The molecule has 0 saturated carbocycles. The van der Waals surface area contributed by atoms with Crippen LogP contribution in [0.5, 0.6) is 0 Å². The molecule has 1 heterocycles. The minimum atomic E-state index is 0.748. The van der Waals surface area contributed by atoms with Crippen molar-refractivity contribution in [2.75, 3.05) is 19.5 Å². The first-order valence-corrected chi connectivity index (χ1v) is 4.29. The molecule has 0 atom stereocenters. The number of thioether (sulfide) groups is 1. The van der Waals surface area contributed by atoms with Gasteiger partial charge in [0.1, 0.15) is 6.33 Å². The first kappa shape index (κ1) is 8.55. The summed E-state index contributed by atoms with van der Waals surface area (Å²) in [6.07, 6.45) is 1.55. The third kappa shape index (κ3) is 2.51. The number of rotatable bonds is 4. The summed E-state index contributed by atoms with van der Waals surface area (Å²) < 4.78 is 6.65. The summed E-state index contributed by atoms with van der Waals surface area (Å²) in [4.78, 5) is 4.05. The van der Waals surface area contributed by atoms with Gasteiger partial charge in [-0.3, -0.25) is 0 Å². The van der Waals surface area contributed by atoms with Gasteiger partial charge >= 0.3 is 0 Å². The van der Waals surface area contributed by atoms with E-state index in [-0.39, 0.29) is 0 Å². The predicted molar refractivity (Wildman–Crippen MR) is 43.6 cm³/mol. The third-order valence-electron chi connectivity index (χ3n) is 1.19. The molecule has 0 aliphatic carbocycles. The van der Waals surface area contributed by atoms with Gasteiger partial charge in [0.15, 0.2) is 5.16 Å². The average molecular weight is 173 g/mol.